The molecule has 0 aliphatic carbocycles. The minimum absolute atomic E-state index is 0.144. The van der Waals surface area contributed by atoms with Crippen LogP contribution < -0.4 is 5.32 Å². The standard InChI is InChI=1S/C65H121NO8/c1-3-5-7-9-11-13-15-17-19-21-23-24-25-26-27-28-29-30-31-32-33-34-35-37-38-40-42-44-46-48-50-52-54-59(68)58(57-73-65-64(72)63(71)62(70)60(56-67)74-65)66-61(69)55-53-51-49-47-45-43-41-39-36-22-20-18-16-14-12-10-8-6-4-2/h6,8,12,14,18,20,36,39,58-60,62-65,67-68,70-72H,3-5,7,9-11,13,15-17,19,21-35,37-38,40-57H2,1-2H3,(H,66,69)/b8-6-,14-12-,20-18-,39-36-. The number of carbonyl (C=O) groups is 1. The first-order valence-electron chi connectivity index (χ1n) is 31.8. The number of aliphatic hydroxyl groups excluding tert-OH is 5. The Morgan fingerprint density at radius 2 is 0.838 bits per heavy atom. The fourth-order valence-corrected chi connectivity index (χ4v) is 10.2. The van der Waals surface area contributed by atoms with Crippen molar-refractivity contribution in [1.29, 1.82) is 0 Å². The molecule has 1 heterocycles. The van der Waals surface area contributed by atoms with Crippen molar-refractivity contribution in [3.63, 3.8) is 0 Å². The number of hydrogen-bond acceptors (Lipinski definition) is 8. The number of ether oxygens (including phenoxy) is 2. The van der Waals surface area contributed by atoms with Gasteiger partial charge in [-0.2, -0.15) is 0 Å². The lowest BCUT2D eigenvalue weighted by molar-refractivity contribution is -0.302. The monoisotopic (exact) mass is 1040 g/mol. The van der Waals surface area contributed by atoms with Crippen LogP contribution in [-0.2, 0) is 14.3 Å². The van der Waals surface area contributed by atoms with Crippen molar-refractivity contribution in [3.8, 4) is 0 Å². The van der Waals surface area contributed by atoms with Crippen molar-refractivity contribution in [1.82, 2.24) is 5.32 Å². The molecule has 1 amide bonds. The molecule has 9 nitrogen and oxygen atoms in total. The maximum Gasteiger partial charge on any atom is 0.220 e. The third kappa shape index (κ3) is 43.2. The average Bonchev–Trinajstić information content (AvgIpc) is 3.40. The van der Waals surface area contributed by atoms with Gasteiger partial charge < -0.3 is 40.3 Å². The molecule has 0 aromatic carbocycles. The molecule has 6 N–H and O–H groups in total. The van der Waals surface area contributed by atoms with Gasteiger partial charge in [0.2, 0.25) is 5.91 Å². The summed E-state index contributed by atoms with van der Waals surface area (Å²) in [5.41, 5.74) is 0. The first-order chi connectivity index (χ1) is 36.3. The van der Waals surface area contributed by atoms with Gasteiger partial charge >= 0.3 is 0 Å². The first kappa shape index (κ1) is 70.2. The van der Waals surface area contributed by atoms with Crippen LogP contribution in [-0.4, -0.2) is 87.5 Å². The number of unbranched alkanes of at least 4 members (excludes halogenated alkanes) is 37. The van der Waals surface area contributed by atoms with Crippen molar-refractivity contribution in [3.05, 3.63) is 48.6 Å². The van der Waals surface area contributed by atoms with E-state index in [0.717, 1.165) is 77.0 Å². The molecule has 0 radical (unpaired) electrons. The van der Waals surface area contributed by atoms with Gasteiger partial charge in [-0.3, -0.25) is 4.79 Å². The highest BCUT2D eigenvalue weighted by molar-refractivity contribution is 5.76. The van der Waals surface area contributed by atoms with Crippen LogP contribution in [0.4, 0.5) is 0 Å². The SMILES string of the molecule is CC/C=C\C/C=C\C/C=C\C/C=C\CCCCCCCCC(=O)NC(COC1OC(CO)C(O)C(O)C1O)C(O)CCCCCCCCCCCCCCCCCCCCCCCCCCCCCCCCCC. The summed E-state index contributed by atoms with van der Waals surface area (Å²) in [5.74, 6) is -0.156. The summed E-state index contributed by atoms with van der Waals surface area (Å²) in [4.78, 5) is 13.1. The number of carbonyl (C=O) groups excluding carboxylic acids is 1. The predicted octanol–water partition coefficient (Wildman–Crippen LogP) is 16.5. The lowest BCUT2D eigenvalue weighted by atomic mass is 9.99. The molecule has 74 heavy (non-hydrogen) atoms. The van der Waals surface area contributed by atoms with E-state index in [1.807, 2.05) is 0 Å². The largest absolute Gasteiger partial charge is 0.394 e. The van der Waals surface area contributed by atoms with E-state index < -0.39 is 49.5 Å². The van der Waals surface area contributed by atoms with Crippen LogP contribution in [0.1, 0.15) is 303 Å². The van der Waals surface area contributed by atoms with Crippen molar-refractivity contribution >= 4 is 5.91 Å². The molecule has 7 atom stereocenters. The molecule has 0 saturated carbocycles. The van der Waals surface area contributed by atoms with Crippen LogP contribution in [0, 0.1) is 0 Å². The molecule has 0 spiro atoms. The smallest absolute Gasteiger partial charge is 0.220 e. The molecule has 1 fully saturated rings. The van der Waals surface area contributed by atoms with E-state index in [9.17, 15) is 30.3 Å². The zero-order valence-corrected chi connectivity index (χ0v) is 48.4. The molecule has 7 unspecified atom stereocenters. The number of hydrogen-bond donors (Lipinski definition) is 6. The Labute approximate surface area is 456 Å². The van der Waals surface area contributed by atoms with E-state index in [2.05, 4.69) is 67.8 Å². The summed E-state index contributed by atoms with van der Waals surface area (Å²) in [6, 6.07) is -0.730. The van der Waals surface area contributed by atoms with E-state index in [1.54, 1.807) is 0 Å². The lowest BCUT2D eigenvalue weighted by Gasteiger charge is -2.40. The zero-order valence-electron chi connectivity index (χ0n) is 48.4. The van der Waals surface area contributed by atoms with Gasteiger partial charge in [0.15, 0.2) is 6.29 Å². The molecular formula is C65H121NO8. The molecule has 1 rings (SSSR count). The van der Waals surface area contributed by atoms with E-state index in [-0.39, 0.29) is 12.5 Å². The van der Waals surface area contributed by atoms with Gasteiger partial charge in [-0.15, -0.1) is 0 Å². The highest BCUT2D eigenvalue weighted by Crippen LogP contribution is 2.23. The minimum Gasteiger partial charge on any atom is -0.394 e. The van der Waals surface area contributed by atoms with Crippen molar-refractivity contribution < 1.29 is 39.8 Å². The Bertz CT molecular complexity index is 1300. The second-order valence-electron chi connectivity index (χ2n) is 22.2. The van der Waals surface area contributed by atoms with Crippen LogP contribution in [0.3, 0.4) is 0 Å². The normalized spacial score (nSPS) is 19.3. The molecule has 1 aliphatic heterocycles. The highest BCUT2D eigenvalue weighted by atomic mass is 16.7. The van der Waals surface area contributed by atoms with Gasteiger partial charge in [0.25, 0.3) is 0 Å². The molecular weight excluding hydrogens is 923 g/mol. The van der Waals surface area contributed by atoms with Gasteiger partial charge in [-0.05, 0) is 51.4 Å². The Kier molecular flexibility index (Phi) is 51.7. The average molecular weight is 1040 g/mol. The van der Waals surface area contributed by atoms with Gasteiger partial charge in [0, 0.05) is 6.42 Å². The van der Waals surface area contributed by atoms with Gasteiger partial charge in [-0.25, -0.2) is 0 Å². The quantitative estimate of drug-likeness (QED) is 0.0261. The molecule has 0 aromatic heterocycles. The van der Waals surface area contributed by atoms with E-state index in [4.69, 9.17) is 9.47 Å². The third-order valence-electron chi connectivity index (χ3n) is 15.2. The van der Waals surface area contributed by atoms with Gasteiger partial charge in [0.05, 0.1) is 25.4 Å². The number of rotatable bonds is 55. The summed E-state index contributed by atoms with van der Waals surface area (Å²) >= 11 is 0. The fraction of sp³-hybridized carbons (Fsp3) is 0.862. The van der Waals surface area contributed by atoms with Crippen molar-refractivity contribution in [2.45, 2.75) is 346 Å². The van der Waals surface area contributed by atoms with Crippen LogP contribution in [0.25, 0.3) is 0 Å². The van der Waals surface area contributed by atoms with Crippen LogP contribution in [0.15, 0.2) is 48.6 Å². The Balaban J connectivity index is 2.13. The maximum absolute atomic E-state index is 13.1. The summed E-state index contributed by atoms with van der Waals surface area (Å²) in [5, 5.41) is 54.8. The summed E-state index contributed by atoms with van der Waals surface area (Å²) in [6.07, 6.45) is 65.9. The summed E-state index contributed by atoms with van der Waals surface area (Å²) in [7, 11) is 0. The third-order valence-corrected chi connectivity index (χ3v) is 15.2. The van der Waals surface area contributed by atoms with E-state index in [0.29, 0.717) is 12.8 Å². The Morgan fingerprint density at radius 1 is 0.473 bits per heavy atom. The van der Waals surface area contributed by atoms with Crippen LogP contribution in [0.2, 0.25) is 0 Å². The minimum atomic E-state index is -1.56. The van der Waals surface area contributed by atoms with Crippen molar-refractivity contribution in [2.24, 2.45) is 0 Å². The lowest BCUT2D eigenvalue weighted by Crippen LogP contribution is -2.60. The molecule has 0 aromatic rings. The number of amides is 1. The molecule has 434 valence electrons. The predicted molar refractivity (Wildman–Crippen MR) is 313 cm³/mol. The van der Waals surface area contributed by atoms with Gasteiger partial charge in [0.1, 0.15) is 24.4 Å². The second kappa shape index (κ2) is 54.5. The van der Waals surface area contributed by atoms with Crippen LogP contribution in [0.5, 0.6) is 0 Å². The molecule has 1 aliphatic rings. The molecule has 0 bridgehead atoms. The summed E-state index contributed by atoms with van der Waals surface area (Å²) < 4.78 is 11.3. The van der Waals surface area contributed by atoms with Crippen LogP contribution >= 0.6 is 0 Å². The molecule has 1 saturated heterocycles. The number of allylic oxidation sites excluding steroid dienone is 8. The zero-order chi connectivity index (χ0) is 53.6. The fourth-order valence-electron chi connectivity index (χ4n) is 10.2. The topological polar surface area (TPSA) is 149 Å². The second-order valence-corrected chi connectivity index (χ2v) is 22.2. The number of nitrogens with one attached hydrogen (secondary N) is 1. The summed E-state index contributed by atoms with van der Waals surface area (Å²) in [6.45, 7) is 3.75. The Hall–Kier alpha value is -1.85. The highest BCUT2D eigenvalue weighted by Gasteiger charge is 2.44. The van der Waals surface area contributed by atoms with E-state index in [1.165, 1.54) is 199 Å². The van der Waals surface area contributed by atoms with E-state index >= 15 is 0 Å². The molecule has 9 heteroatoms. The van der Waals surface area contributed by atoms with Gasteiger partial charge in [-0.1, -0.05) is 294 Å². The van der Waals surface area contributed by atoms with Crippen molar-refractivity contribution in [2.75, 3.05) is 13.2 Å². The first-order valence-corrected chi connectivity index (χ1v) is 31.8. The Morgan fingerprint density at radius 3 is 1.24 bits per heavy atom. The number of aliphatic hydroxyl groups is 5. The maximum atomic E-state index is 13.1.